The molecule has 0 saturated carbocycles. The van der Waals surface area contributed by atoms with Crippen molar-refractivity contribution in [3.8, 4) is 11.3 Å². The van der Waals surface area contributed by atoms with Gasteiger partial charge in [-0.2, -0.15) is 0 Å². The standard InChI is InChI=1S/C13H16BrN3/c1-8-3-4-9(2)10(7-8)12-13(14)17-11(16-12)5-6-15/h3-4,7H,5-6,15H2,1-2H3,(H,16,17). The smallest absolute Gasteiger partial charge is 0.110 e. The minimum absolute atomic E-state index is 0.603. The Morgan fingerprint density at radius 1 is 1.35 bits per heavy atom. The van der Waals surface area contributed by atoms with Gasteiger partial charge in [0.1, 0.15) is 16.1 Å². The molecule has 0 aliphatic heterocycles. The fraction of sp³-hybridized carbons (Fsp3) is 0.308. The predicted octanol–water partition coefficient (Wildman–Crippen LogP) is 2.96. The zero-order valence-electron chi connectivity index (χ0n) is 10.0. The van der Waals surface area contributed by atoms with E-state index in [9.17, 15) is 0 Å². The summed E-state index contributed by atoms with van der Waals surface area (Å²) < 4.78 is 0.926. The van der Waals surface area contributed by atoms with Crippen molar-refractivity contribution >= 4 is 15.9 Å². The lowest BCUT2D eigenvalue weighted by atomic mass is 10.0. The molecule has 0 saturated heterocycles. The van der Waals surface area contributed by atoms with Crippen LogP contribution < -0.4 is 5.73 Å². The molecule has 2 rings (SSSR count). The number of hydrogen-bond donors (Lipinski definition) is 2. The van der Waals surface area contributed by atoms with Crippen LogP contribution in [0.4, 0.5) is 0 Å². The van der Waals surface area contributed by atoms with Crippen molar-refractivity contribution < 1.29 is 0 Å². The van der Waals surface area contributed by atoms with Crippen LogP contribution >= 0.6 is 15.9 Å². The number of H-pyrrole nitrogens is 1. The first-order valence-electron chi connectivity index (χ1n) is 5.64. The zero-order valence-corrected chi connectivity index (χ0v) is 11.6. The largest absolute Gasteiger partial charge is 0.336 e. The summed E-state index contributed by atoms with van der Waals surface area (Å²) in [6.07, 6.45) is 0.767. The molecule has 1 aromatic heterocycles. The van der Waals surface area contributed by atoms with Crippen LogP contribution in [0.25, 0.3) is 11.3 Å². The number of benzene rings is 1. The lowest BCUT2D eigenvalue weighted by Gasteiger charge is -2.04. The molecular weight excluding hydrogens is 278 g/mol. The van der Waals surface area contributed by atoms with Gasteiger partial charge in [-0.15, -0.1) is 0 Å². The normalized spacial score (nSPS) is 10.8. The SMILES string of the molecule is Cc1ccc(C)c(-c2nc(CCN)[nH]c2Br)c1. The molecule has 2 aromatic rings. The Kier molecular flexibility index (Phi) is 3.64. The molecule has 17 heavy (non-hydrogen) atoms. The Bertz CT molecular complexity index is 531. The number of aromatic nitrogens is 2. The van der Waals surface area contributed by atoms with Crippen molar-refractivity contribution in [3.05, 3.63) is 39.8 Å². The molecule has 3 nitrogen and oxygen atoms in total. The molecule has 0 aliphatic carbocycles. The van der Waals surface area contributed by atoms with Crippen molar-refractivity contribution in [2.75, 3.05) is 6.54 Å². The van der Waals surface area contributed by atoms with Gasteiger partial charge < -0.3 is 10.7 Å². The highest BCUT2D eigenvalue weighted by Gasteiger charge is 2.12. The number of rotatable bonds is 3. The number of aromatic amines is 1. The van der Waals surface area contributed by atoms with E-state index in [4.69, 9.17) is 5.73 Å². The number of imidazole rings is 1. The Labute approximate surface area is 110 Å². The quantitative estimate of drug-likeness (QED) is 0.914. The maximum absolute atomic E-state index is 5.54. The van der Waals surface area contributed by atoms with Crippen LogP contribution in [0.3, 0.4) is 0 Å². The third-order valence-electron chi connectivity index (χ3n) is 2.74. The van der Waals surface area contributed by atoms with Gasteiger partial charge in [-0.3, -0.25) is 0 Å². The lowest BCUT2D eigenvalue weighted by molar-refractivity contribution is 0.893. The first kappa shape index (κ1) is 12.3. The fourth-order valence-corrected chi connectivity index (χ4v) is 2.35. The summed E-state index contributed by atoms with van der Waals surface area (Å²) in [5.41, 5.74) is 10.1. The van der Waals surface area contributed by atoms with E-state index >= 15 is 0 Å². The van der Waals surface area contributed by atoms with Crippen LogP contribution in [0.15, 0.2) is 22.8 Å². The highest BCUT2D eigenvalue weighted by atomic mass is 79.9. The van der Waals surface area contributed by atoms with Crippen molar-refractivity contribution in [2.45, 2.75) is 20.3 Å². The van der Waals surface area contributed by atoms with E-state index in [2.05, 4.69) is 57.9 Å². The molecule has 0 spiro atoms. The van der Waals surface area contributed by atoms with Gasteiger partial charge in [0.05, 0.1) is 0 Å². The average molecular weight is 294 g/mol. The van der Waals surface area contributed by atoms with Crippen LogP contribution in [-0.2, 0) is 6.42 Å². The minimum Gasteiger partial charge on any atom is -0.336 e. The monoisotopic (exact) mass is 293 g/mol. The molecule has 0 fully saturated rings. The predicted molar refractivity (Wildman–Crippen MR) is 74.0 cm³/mol. The molecule has 1 heterocycles. The number of nitrogens with two attached hydrogens (primary N) is 1. The van der Waals surface area contributed by atoms with E-state index in [0.29, 0.717) is 6.54 Å². The van der Waals surface area contributed by atoms with Gasteiger partial charge in [-0.1, -0.05) is 17.7 Å². The molecule has 0 unspecified atom stereocenters. The third-order valence-corrected chi connectivity index (χ3v) is 3.31. The highest BCUT2D eigenvalue weighted by molar-refractivity contribution is 9.10. The van der Waals surface area contributed by atoms with Crippen molar-refractivity contribution in [3.63, 3.8) is 0 Å². The topological polar surface area (TPSA) is 54.7 Å². The summed E-state index contributed by atoms with van der Waals surface area (Å²) >= 11 is 3.52. The maximum atomic E-state index is 5.54. The molecule has 90 valence electrons. The summed E-state index contributed by atoms with van der Waals surface area (Å²) in [5.74, 6) is 0.926. The molecule has 4 heteroatoms. The van der Waals surface area contributed by atoms with Gasteiger partial charge in [-0.25, -0.2) is 4.98 Å². The van der Waals surface area contributed by atoms with Gasteiger partial charge in [0, 0.05) is 12.0 Å². The molecule has 0 atom stereocenters. The number of hydrogen-bond acceptors (Lipinski definition) is 2. The van der Waals surface area contributed by atoms with Gasteiger partial charge in [0.25, 0.3) is 0 Å². The second-order valence-electron chi connectivity index (χ2n) is 4.20. The summed E-state index contributed by atoms with van der Waals surface area (Å²) in [6, 6.07) is 6.39. The minimum atomic E-state index is 0.603. The summed E-state index contributed by atoms with van der Waals surface area (Å²) in [6.45, 7) is 4.79. The Morgan fingerprint density at radius 3 is 2.82 bits per heavy atom. The van der Waals surface area contributed by atoms with E-state index in [1.165, 1.54) is 11.1 Å². The van der Waals surface area contributed by atoms with E-state index in [1.807, 2.05) is 0 Å². The van der Waals surface area contributed by atoms with E-state index < -0.39 is 0 Å². The highest BCUT2D eigenvalue weighted by Crippen LogP contribution is 2.29. The number of halogens is 1. The molecule has 0 amide bonds. The molecule has 0 radical (unpaired) electrons. The second kappa shape index (κ2) is 5.02. The molecule has 3 N–H and O–H groups in total. The van der Waals surface area contributed by atoms with E-state index in [1.54, 1.807) is 0 Å². The maximum Gasteiger partial charge on any atom is 0.110 e. The average Bonchev–Trinajstić information content (AvgIpc) is 2.64. The van der Waals surface area contributed by atoms with Crippen molar-refractivity contribution in [1.82, 2.24) is 9.97 Å². The van der Waals surface area contributed by atoms with Gasteiger partial charge in [-0.05, 0) is 48.0 Å². The second-order valence-corrected chi connectivity index (χ2v) is 5.00. The first-order valence-corrected chi connectivity index (χ1v) is 6.43. The van der Waals surface area contributed by atoms with E-state index in [-0.39, 0.29) is 0 Å². The van der Waals surface area contributed by atoms with Gasteiger partial charge in [0.15, 0.2) is 0 Å². The molecule has 1 aromatic carbocycles. The molecule has 0 bridgehead atoms. The molecular formula is C13H16BrN3. The Hall–Kier alpha value is -1.13. The van der Waals surface area contributed by atoms with Gasteiger partial charge in [0.2, 0.25) is 0 Å². The van der Waals surface area contributed by atoms with Gasteiger partial charge >= 0.3 is 0 Å². The number of aryl methyl sites for hydroxylation is 2. The lowest BCUT2D eigenvalue weighted by Crippen LogP contribution is -2.03. The molecule has 0 aliphatic rings. The first-order chi connectivity index (χ1) is 8.11. The Balaban J connectivity index is 2.48. The van der Waals surface area contributed by atoms with Crippen molar-refractivity contribution in [2.24, 2.45) is 5.73 Å². The number of nitrogens with one attached hydrogen (secondary N) is 1. The van der Waals surface area contributed by atoms with Crippen molar-refractivity contribution in [1.29, 1.82) is 0 Å². The van der Waals surface area contributed by atoms with Crippen LogP contribution in [-0.4, -0.2) is 16.5 Å². The van der Waals surface area contributed by atoms with Crippen LogP contribution in [0, 0.1) is 13.8 Å². The summed E-state index contributed by atoms with van der Waals surface area (Å²) in [7, 11) is 0. The fourth-order valence-electron chi connectivity index (χ4n) is 1.82. The van der Waals surface area contributed by atoms with E-state index in [0.717, 1.165) is 28.1 Å². The third kappa shape index (κ3) is 2.58. The van der Waals surface area contributed by atoms with Crippen LogP contribution in [0.2, 0.25) is 0 Å². The number of nitrogens with zero attached hydrogens (tertiary/aromatic N) is 1. The Morgan fingerprint density at radius 2 is 2.12 bits per heavy atom. The van der Waals surface area contributed by atoms with Crippen LogP contribution in [0.1, 0.15) is 17.0 Å². The van der Waals surface area contributed by atoms with Crippen LogP contribution in [0.5, 0.6) is 0 Å². The summed E-state index contributed by atoms with van der Waals surface area (Å²) in [4.78, 5) is 7.81. The summed E-state index contributed by atoms with van der Waals surface area (Å²) in [5, 5.41) is 0. The zero-order chi connectivity index (χ0) is 12.4.